The molecule has 0 bridgehead atoms. The van der Waals surface area contributed by atoms with Gasteiger partial charge in [-0.25, -0.2) is 4.98 Å². The van der Waals surface area contributed by atoms with E-state index in [1.54, 1.807) is 59.0 Å². The number of nitriles is 1. The van der Waals surface area contributed by atoms with Crippen LogP contribution in [-0.4, -0.2) is 39.3 Å². The molecule has 10 nitrogen and oxygen atoms in total. The second-order valence-electron chi connectivity index (χ2n) is 9.11. The second-order valence-corrected chi connectivity index (χ2v) is 9.11. The molecule has 0 atom stereocenters. The van der Waals surface area contributed by atoms with Gasteiger partial charge in [-0.3, -0.25) is 19.7 Å². The van der Waals surface area contributed by atoms with Crippen LogP contribution in [0.3, 0.4) is 0 Å². The molecule has 0 aliphatic heterocycles. The molecular weight excluding hydrogens is 494 g/mol. The van der Waals surface area contributed by atoms with Gasteiger partial charge >= 0.3 is 0 Å². The predicted molar refractivity (Wildman–Crippen MR) is 148 cm³/mol. The highest BCUT2D eigenvalue weighted by Crippen LogP contribution is 2.27. The molecule has 0 unspecified atom stereocenters. The van der Waals surface area contributed by atoms with Gasteiger partial charge in [0, 0.05) is 48.4 Å². The molecule has 0 aliphatic carbocycles. The van der Waals surface area contributed by atoms with Crippen LogP contribution in [0.5, 0.6) is 0 Å². The fourth-order valence-electron chi connectivity index (χ4n) is 4.44. The second kappa shape index (κ2) is 10.5. The molecule has 0 saturated heterocycles. The minimum Gasteiger partial charge on any atom is -0.370 e. The van der Waals surface area contributed by atoms with Crippen LogP contribution in [0.15, 0.2) is 72.9 Å². The maximum absolute atomic E-state index is 13.1. The van der Waals surface area contributed by atoms with E-state index < -0.39 is 11.8 Å². The first-order chi connectivity index (χ1) is 18.8. The van der Waals surface area contributed by atoms with Gasteiger partial charge in [-0.05, 0) is 54.1 Å². The number of hydrogen-bond donors (Lipinski definition) is 3. The Kier molecular flexibility index (Phi) is 6.80. The van der Waals surface area contributed by atoms with Crippen LogP contribution in [0.2, 0.25) is 0 Å². The van der Waals surface area contributed by atoms with Crippen LogP contribution in [0, 0.1) is 11.3 Å². The van der Waals surface area contributed by atoms with Crippen LogP contribution in [0.4, 0.5) is 11.6 Å². The van der Waals surface area contributed by atoms with E-state index in [1.807, 2.05) is 36.5 Å². The summed E-state index contributed by atoms with van der Waals surface area (Å²) < 4.78 is 1.71. The lowest BCUT2D eigenvalue weighted by Crippen LogP contribution is -2.27. The van der Waals surface area contributed by atoms with Crippen molar-refractivity contribution >= 4 is 51.3 Å². The van der Waals surface area contributed by atoms with E-state index in [2.05, 4.69) is 15.3 Å². The van der Waals surface area contributed by atoms with Gasteiger partial charge in [-0.15, -0.1) is 0 Å². The molecule has 3 aromatic carbocycles. The minimum atomic E-state index is -0.486. The number of primary amides is 1. The molecule has 0 aliphatic rings. The fourth-order valence-corrected chi connectivity index (χ4v) is 4.44. The van der Waals surface area contributed by atoms with Crippen molar-refractivity contribution < 1.29 is 14.4 Å². The van der Waals surface area contributed by atoms with E-state index in [0.29, 0.717) is 27.8 Å². The number of carbonyl (C=O) groups excluding carboxylic acids is 3. The Labute approximate surface area is 223 Å². The number of fused-ring (bicyclic) bond motifs is 2. The molecular formula is C29H25N7O3. The summed E-state index contributed by atoms with van der Waals surface area (Å²) in [7, 11) is 1.70. The number of nitrogens with one attached hydrogen (secondary N) is 2. The Morgan fingerprint density at radius 3 is 2.62 bits per heavy atom. The van der Waals surface area contributed by atoms with Gasteiger partial charge in [-0.2, -0.15) is 5.26 Å². The van der Waals surface area contributed by atoms with Gasteiger partial charge in [0.25, 0.3) is 5.91 Å². The molecule has 194 valence electrons. The molecule has 10 heteroatoms. The molecule has 39 heavy (non-hydrogen) atoms. The van der Waals surface area contributed by atoms with Crippen molar-refractivity contribution in [3.8, 4) is 6.07 Å². The number of imidazole rings is 1. The summed E-state index contributed by atoms with van der Waals surface area (Å²) in [5.41, 5.74) is 9.90. The summed E-state index contributed by atoms with van der Waals surface area (Å²) in [5.74, 6) is -0.756. The number of amides is 3. The first-order valence-electron chi connectivity index (χ1n) is 12.3. The van der Waals surface area contributed by atoms with Crippen LogP contribution >= 0.6 is 0 Å². The first kappa shape index (κ1) is 25.2. The normalized spacial score (nSPS) is 10.9. The van der Waals surface area contributed by atoms with Crippen molar-refractivity contribution in [1.29, 1.82) is 5.26 Å². The first-order valence-corrected chi connectivity index (χ1v) is 12.3. The zero-order chi connectivity index (χ0) is 27.5. The number of rotatable bonds is 8. The topological polar surface area (TPSA) is 150 Å². The molecule has 0 spiro atoms. The van der Waals surface area contributed by atoms with E-state index in [-0.39, 0.29) is 31.2 Å². The number of likely N-dealkylation sites (N-methyl/N-ethyl adjacent to an activating group) is 1. The van der Waals surface area contributed by atoms with Crippen molar-refractivity contribution in [3.05, 3.63) is 89.6 Å². The molecule has 5 aromatic rings. The summed E-state index contributed by atoms with van der Waals surface area (Å²) in [5, 5.41) is 12.8. The highest BCUT2D eigenvalue weighted by molar-refractivity contribution is 6.04. The van der Waals surface area contributed by atoms with Gasteiger partial charge < -0.3 is 20.2 Å². The lowest BCUT2D eigenvalue weighted by Gasteiger charge is -2.17. The van der Waals surface area contributed by atoms with Gasteiger partial charge in [0.15, 0.2) is 0 Å². The quantitative estimate of drug-likeness (QED) is 0.286. The van der Waals surface area contributed by atoms with E-state index in [0.717, 1.165) is 16.5 Å². The standard InChI is InChI=1S/C29H25N7O3/c1-35(27(38)14-20-17-32-23-5-3-2-4-22(20)23)21-10-11-25-24(15-21)33-29(36(25)13-12-26(31)37)34-28(39)19-8-6-18(16-30)7-9-19/h2-11,15,17,32H,12-14H2,1H3,(H2,31,37)(H,33,34,39). The SMILES string of the molecule is CN(C(=O)Cc1c[nH]c2ccccc12)c1ccc2c(c1)nc(NC(=O)c1ccc(C#N)cc1)n2CCC(N)=O. The van der Waals surface area contributed by atoms with E-state index >= 15 is 0 Å². The number of hydrogen-bond acceptors (Lipinski definition) is 5. The number of para-hydroxylation sites is 1. The van der Waals surface area contributed by atoms with Crippen LogP contribution in [0.1, 0.15) is 27.9 Å². The summed E-state index contributed by atoms with van der Waals surface area (Å²) in [6, 6.07) is 21.4. The molecule has 3 amide bonds. The summed E-state index contributed by atoms with van der Waals surface area (Å²) in [4.78, 5) is 46.9. The maximum atomic E-state index is 13.1. The summed E-state index contributed by atoms with van der Waals surface area (Å²) >= 11 is 0. The number of carbonyl (C=O) groups is 3. The Morgan fingerprint density at radius 2 is 1.87 bits per heavy atom. The van der Waals surface area contributed by atoms with Gasteiger partial charge in [0.05, 0.1) is 29.1 Å². The number of anilines is 2. The van der Waals surface area contributed by atoms with E-state index in [4.69, 9.17) is 11.0 Å². The van der Waals surface area contributed by atoms with Crippen molar-refractivity contribution in [3.63, 3.8) is 0 Å². The number of nitrogens with zero attached hydrogens (tertiary/aromatic N) is 4. The smallest absolute Gasteiger partial charge is 0.257 e. The third-order valence-electron chi connectivity index (χ3n) is 6.59. The van der Waals surface area contributed by atoms with Crippen LogP contribution in [-0.2, 0) is 22.6 Å². The zero-order valence-corrected chi connectivity index (χ0v) is 21.1. The average molecular weight is 520 g/mol. The molecule has 0 saturated carbocycles. The minimum absolute atomic E-state index is 0.0515. The molecule has 2 aromatic heterocycles. The highest BCUT2D eigenvalue weighted by atomic mass is 16.2. The zero-order valence-electron chi connectivity index (χ0n) is 21.1. The van der Waals surface area contributed by atoms with Crippen molar-refractivity contribution in [2.24, 2.45) is 5.73 Å². The molecule has 0 radical (unpaired) electrons. The van der Waals surface area contributed by atoms with Crippen molar-refractivity contribution in [2.75, 3.05) is 17.3 Å². The van der Waals surface area contributed by atoms with Gasteiger partial charge in [0.2, 0.25) is 17.8 Å². The third-order valence-corrected chi connectivity index (χ3v) is 6.59. The van der Waals surface area contributed by atoms with E-state index in [1.165, 1.54) is 0 Å². The Balaban J connectivity index is 1.42. The number of benzene rings is 3. The highest BCUT2D eigenvalue weighted by Gasteiger charge is 2.19. The number of nitrogens with two attached hydrogens (primary N) is 1. The number of aryl methyl sites for hydroxylation is 1. The van der Waals surface area contributed by atoms with Gasteiger partial charge in [-0.1, -0.05) is 18.2 Å². The Hall–Kier alpha value is -5.43. The number of aromatic nitrogens is 3. The van der Waals surface area contributed by atoms with Crippen LogP contribution < -0.4 is 16.0 Å². The average Bonchev–Trinajstić information content (AvgIpc) is 3.51. The number of H-pyrrole nitrogens is 1. The lowest BCUT2D eigenvalue weighted by atomic mass is 10.1. The third kappa shape index (κ3) is 5.19. The van der Waals surface area contributed by atoms with Gasteiger partial charge in [0.1, 0.15) is 0 Å². The van der Waals surface area contributed by atoms with Crippen molar-refractivity contribution in [2.45, 2.75) is 19.4 Å². The van der Waals surface area contributed by atoms with Crippen LogP contribution in [0.25, 0.3) is 21.9 Å². The summed E-state index contributed by atoms with van der Waals surface area (Å²) in [6.45, 7) is 0.212. The van der Waals surface area contributed by atoms with E-state index in [9.17, 15) is 14.4 Å². The molecule has 0 fully saturated rings. The Bertz CT molecular complexity index is 1760. The summed E-state index contributed by atoms with van der Waals surface area (Å²) in [6.07, 6.45) is 2.12. The largest absolute Gasteiger partial charge is 0.370 e. The molecule has 4 N–H and O–H groups in total. The Morgan fingerprint density at radius 1 is 1.10 bits per heavy atom. The number of aromatic amines is 1. The van der Waals surface area contributed by atoms with Crippen molar-refractivity contribution in [1.82, 2.24) is 14.5 Å². The molecule has 5 rings (SSSR count). The monoisotopic (exact) mass is 519 g/mol. The maximum Gasteiger partial charge on any atom is 0.257 e. The fraction of sp³-hybridized carbons (Fsp3) is 0.138. The molecule has 2 heterocycles. The lowest BCUT2D eigenvalue weighted by molar-refractivity contribution is -0.118. The predicted octanol–water partition coefficient (Wildman–Crippen LogP) is 3.72.